The quantitative estimate of drug-likeness (QED) is 0.222. The molecule has 0 radical (unpaired) electrons. The highest BCUT2D eigenvalue weighted by atomic mass is 35.5. The number of nitrogens with zero attached hydrogens (tertiary/aromatic N) is 3. The van der Waals surface area contributed by atoms with Crippen LogP contribution in [-0.4, -0.2) is 40.7 Å². The van der Waals surface area contributed by atoms with E-state index in [4.69, 9.17) is 13.1 Å². The molecule has 0 aromatic rings. The van der Waals surface area contributed by atoms with E-state index < -0.39 is 5.41 Å². The lowest BCUT2D eigenvalue weighted by molar-refractivity contribution is -0.136. The largest absolute Gasteiger partial charge is 0.343 e. The van der Waals surface area contributed by atoms with Gasteiger partial charge < -0.3 is 14.5 Å². The number of hydrogen-bond donors (Lipinski definition) is 0. The van der Waals surface area contributed by atoms with Crippen molar-refractivity contribution < 1.29 is 19.2 Å². The normalized spacial score (nSPS) is 32.8. The standard InChI is InChI=1S/C17H24N2O2.C16H23NO.C2H3ClO.ClH/c1-11(20)19(6)12-7-8-14-16(2,3)15(21)13(18-5)10-17(14,4)9-12;1-6-11-7-8-13-15(2,3)14(18)12(17-5)10-16(13,4)9-11;1-2(3)4;/h10,12,14H,7-9H2,1-4,6H3;10-11,13H,6-9H2,1-4H3;1H3;1H/t12-,14-,17-;11-,13-,16-;;/m11../s1. The summed E-state index contributed by atoms with van der Waals surface area (Å²) in [5, 5.41) is -0.361. The molecular formula is C35H51Cl2N3O4. The fourth-order valence-corrected chi connectivity index (χ4v) is 8.56. The van der Waals surface area contributed by atoms with E-state index in [1.807, 2.05) is 46.9 Å². The van der Waals surface area contributed by atoms with Gasteiger partial charge in [-0.15, -0.1) is 12.4 Å². The van der Waals surface area contributed by atoms with Crippen LogP contribution in [0, 0.1) is 52.6 Å². The van der Waals surface area contributed by atoms with E-state index in [9.17, 15) is 19.2 Å². The lowest BCUT2D eigenvalue weighted by atomic mass is 9.51. The maximum Gasteiger partial charge on any atom is 0.226 e. The second-order valence-electron chi connectivity index (χ2n) is 14.6. The first-order chi connectivity index (χ1) is 19.7. The molecule has 4 rings (SSSR count). The smallest absolute Gasteiger partial charge is 0.226 e. The number of ketones is 2. The third-order valence-electron chi connectivity index (χ3n) is 10.8. The molecule has 244 valence electrons. The average Bonchev–Trinajstić information content (AvgIpc) is 2.91. The number of carbonyl (C=O) groups excluding carboxylic acids is 4. The van der Waals surface area contributed by atoms with Gasteiger partial charge in [0, 0.05) is 37.8 Å². The molecule has 0 saturated heterocycles. The van der Waals surface area contributed by atoms with Crippen molar-refractivity contribution in [3.63, 3.8) is 0 Å². The van der Waals surface area contributed by atoms with Crippen LogP contribution < -0.4 is 0 Å². The second kappa shape index (κ2) is 14.7. The van der Waals surface area contributed by atoms with Crippen molar-refractivity contribution in [3.8, 4) is 0 Å². The summed E-state index contributed by atoms with van der Waals surface area (Å²) in [6, 6.07) is 0.191. The van der Waals surface area contributed by atoms with Gasteiger partial charge in [0.05, 0.1) is 13.1 Å². The summed E-state index contributed by atoms with van der Waals surface area (Å²) in [7, 11) is 1.84. The molecule has 9 heteroatoms. The molecule has 44 heavy (non-hydrogen) atoms. The van der Waals surface area contributed by atoms with Gasteiger partial charge in [-0.3, -0.25) is 9.59 Å². The zero-order valence-electron chi connectivity index (χ0n) is 28.2. The number of hydrogen-bond acceptors (Lipinski definition) is 4. The van der Waals surface area contributed by atoms with E-state index in [1.165, 1.54) is 19.8 Å². The van der Waals surface area contributed by atoms with Crippen LogP contribution in [0.15, 0.2) is 23.5 Å². The van der Waals surface area contributed by atoms with E-state index in [0.717, 1.165) is 38.0 Å². The Morgan fingerprint density at radius 3 is 1.59 bits per heavy atom. The highest BCUT2D eigenvalue weighted by molar-refractivity contribution is 6.62. The highest BCUT2D eigenvalue weighted by Crippen LogP contribution is 2.57. The summed E-state index contributed by atoms with van der Waals surface area (Å²) in [6.07, 6.45) is 11.2. The van der Waals surface area contributed by atoms with Gasteiger partial charge in [0.25, 0.3) is 0 Å². The first kappa shape index (κ1) is 39.5. The zero-order chi connectivity index (χ0) is 33.1. The number of Topliss-reactive ketones (excluding diaryl/α,β-unsaturated/α-hetero) is 2. The first-order valence-electron chi connectivity index (χ1n) is 15.4. The fraction of sp³-hybridized carbons (Fsp3) is 0.714. The SMILES string of the molecule is CC(=O)Cl.Cl.[C-]#[N+]C1=C[C@@]2(C)C[C@H](CC)CC[C@@H]2C(C)(C)C1=O.[C-]#[N+]C1=C[C@@]2(C)C[C@H](N(C)C(C)=O)CC[C@@H]2C(C)(C)C1=O. The molecule has 4 aliphatic rings. The van der Waals surface area contributed by atoms with Gasteiger partial charge in [0.2, 0.25) is 22.5 Å². The minimum Gasteiger partial charge on any atom is -0.343 e. The highest BCUT2D eigenvalue weighted by Gasteiger charge is 2.54. The fourth-order valence-electron chi connectivity index (χ4n) is 8.56. The molecule has 1 amide bonds. The summed E-state index contributed by atoms with van der Waals surface area (Å²) in [5.41, 5.74) is -0.383. The van der Waals surface area contributed by atoms with Crippen molar-refractivity contribution in [3.05, 3.63) is 46.4 Å². The molecule has 0 N–H and O–H groups in total. The topological polar surface area (TPSA) is 80.2 Å². The van der Waals surface area contributed by atoms with Gasteiger partial charge in [0.15, 0.2) is 11.6 Å². The maximum absolute atomic E-state index is 12.5. The predicted octanol–water partition coefficient (Wildman–Crippen LogP) is 8.48. The number of rotatable bonds is 2. The molecule has 0 unspecified atom stereocenters. The Kier molecular flexibility index (Phi) is 13.2. The van der Waals surface area contributed by atoms with Gasteiger partial charge in [-0.2, -0.15) is 0 Å². The maximum atomic E-state index is 12.5. The van der Waals surface area contributed by atoms with Gasteiger partial charge in [-0.05, 0) is 72.3 Å². The number of allylic oxidation sites excluding steroid dienone is 4. The van der Waals surface area contributed by atoms with E-state index in [-0.39, 0.29) is 69.0 Å². The van der Waals surface area contributed by atoms with Crippen LogP contribution in [0.4, 0.5) is 0 Å². The zero-order valence-corrected chi connectivity index (χ0v) is 29.7. The van der Waals surface area contributed by atoms with Crippen molar-refractivity contribution in [2.24, 2.45) is 39.4 Å². The summed E-state index contributed by atoms with van der Waals surface area (Å²) >= 11 is 4.64. The molecule has 2 fully saturated rings. The molecule has 0 heterocycles. The minimum atomic E-state index is -0.497. The van der Waals surface area contributed by atoms with E-state index >= 15 is 0 Å². The Morgan fingerprint density at radius 1 is 0.841 bits per heavy atom. The van der Waals surface area contributed by atoms with Crippen LogP contribution in [0.1, 0.15) is 107 Å². The number of halogens is 2. The molecule has 7 nitrogen and oxygen atoms in total. The van der Waals surface area contributed by atoms with E-state index in [0.29, 0.717) is 11.6 Å². The van der Waals surface area contributed by atoms with Crippen LogP contribution in [-0.2, 0) is 19.2 Å². The molecule has 0 aromatic carbocycles. The molecule has 0 spiro atoms. The Hall–Kier alpha value is -2.48. The summed E-state index contributed by atoms with van der Waals surface area (Å²) < 4.78 is 0. The monoisotopic (exact) mass is 647 g/mol. The third kappa shape index (κ3) is 8.02. The van der Waals surface area contributed by atoms with Crippen molar-refractivity contribution in [1.82, 2.24) is 4.90 Å². The van der Waals surface area contributed by atoms with E-state index in [2.05, 4.69) is 42.1 Å². The van der Waals surface area contributed by atoms with Crippen LogP contribution in [0.3, 0.4) is 0 Å². The Balaban J connectivity index is 0.000000388. The van der Waals surface area contributed by atoms with Crippen LogP contribution >= 0.6 is 24.0 Å². The Morgan fingerprint density at radius 2 is 1.23 bits per heavy atom. The van der Waals surface area contributed by atoms with Gasteiger partial charge in [-0.1, -0.05) is 73.5 Å². The van der Waals surface area contributed by atoms with Crippen LogP contribution in [0.25, 0.3) is 9.69 Å². The number of amides is 1. The van der Waals surface area contributed by atoms with Crippen LogP contribution in [0.2, 0.25) is 0 Å². The van der Waals surface area contributed by atoms with Crippen LogP contribution in [0.5, 0.6) is 0 Å². The van der Waals surface area contributed by atoms with Crippen molar-refractivity contribution in [2.45, 2.75) is 113 Å². The van der Waals surface area contributed by atoms with Gasteiger partial charge >= 0.3 is 0 Å². The van der Waals surface area contributed by atoms with E-state index in [1.54, 1.807) is 11.8 Å². The summed E-state index contributed by atoms with van der Waals surface area (Å²) in [5.74, 6) is 1.47. The molecule has 0 aromatic heterocycles. The summed E-state index contributed by atoms with van der Waals surface area (Å²) in [6.45, 7) is 32.0. The summed E-state index contributed by atoms with van der Waals surface area (Å²) in [4.78, 5) is 54.3. The minimum absolute atomic E-state index is 0. The third-order valence-corrected chi connectivity index (χ3v) is 10.8. The van der Waals surface area contributed by atoms with Crippen molar-refractivity contribution in [1.29, 1.82) is 0 Å². The van der Waals surface area contributed by atoms with Crippen molar-refractivity contribution in [2.75, 3.05) is 7.05 Å². The predicted molar refractivity (Wildman–Crippen MR) is 178 cm³/mol. The molecule has 0 bridgehead atoms. The molecule has 0 aliphatic heterocycles. The first-order valence-corrected chi connectivity index (χ1v) is 15.8. The van der Waals surface area contributed by atoms with Crippen molar-refractivity contribution >= 4 is 46.7 Å². The number of fused-ring (bicyclic) bond motifs is 2. The Bertz CT molecular complexity index is 1280. The lowest BCUT2D eigenvalue weighted by Crippen LogP contribution is -2.53. The molecule has 6 atom stereocenters. The molecular weight excluding hydrogens is 597 g/mol. The number of carbonyl (C=O) groups is 4. The molecule has 2 saturated carbocycles. The van der Waals surface area contributed by atoms with Gasteiger partial charge in [-0.25, -0.2) is 9.69 Å². The molecule has 4 aliphatic carbocycles. The average molecular weight is 649 g/mol. The second-order valence-corrected chi connectivity index (χ2v) is 15.1. The Labute approximate surface area is 276 Å². The van der Waals surface area contributed by atoms with Gasteiger partial charge in [0.1, 0.15) is 0 Å². The lowest BCUT2D eigenvalue weighted by Gasteiger charge is -2.53.